The van der Waals surface area contributed by atoms with E-state index in [-0.39, 0.29) is 43.1 Å². The summed E-state index contributed by atoms with van der Waals surface area (Å²) in [5.41, 5.74) is 2.72. The zero-order valence-electron chi connectivity index (χ0n) is 18.7. The fourth-order valence-electron chi connectivity index (χ4n) is 4.87. The fourth-order valence-corrected chi connectivity index (χ4v) is 4.87. The van der Waals surface area contributed by atoms with Crippen molar-refractivity contribution >= 4 is 43.1 Å². The number of hydrogen-bond acceptors (Lipinski definition) is 4. The first-order valence-corrected chi connectivity index (χ1v) is 10.6. The molecule has 0 aliphatic carbocycles. The molecule has 2 heterocycles. The van der Waals surface area contributed by atoms with E-state index in [0.717, 1.165) is 32.7 Å². The van der Waals surface area contributed by atoms with E-state index >= 15 is 0 Å². The van der Waals surface area contributed by atoms with Gasteiger partial charge in [-0.15, -0.1) is 37.2 Å². The molecule has 2 saturated heterocycles. The van der Waals surface area contributed by atoms with E-state index in [9.17, 15) is 4.79 Å². The first-order chi connectivity index (χ1) is 14.1. The highest BCUT2D eigenvalue weighted by Gasteiger charge is 2.40. The summed E-state index contributed by atoms with van der Waals surface area (Å²) in [6, 6.07) is 22.5. The number of rotatable bonds is 5. The topological polar surface area (TPSA) is 38.8 Å². The van der Waals surface area contributed by atoms with Crippen LogP contribution in [0.3, 0.4) is 0 Å². The fraction of sp³-hybridized carbons (Fsp3) is 0.458. The second-order valence-corrected chi connectivity index (χ2v) is 8.49. The van der Waals surface area contributed by atoms with Crippen molar-refractivity contribution in [3.63, 3.8) is 0 Å². The molecule has 2 fully saturated rings. The molecule has 4 rings (SSSR count). The molecule has 32 heavy (non-hydrogen) atoms. The lowest BCUT2D eigenvalue weighted by atomic mass is 9.82. The van der Waals surface area contributed by atoms with Gasteiger partial charge in [0.2, 0.25) is 5.91 Å². The van der Waals surface area contributed by atoms with Crippen LogP contribution in [0.4, 0.5) is 0 Å². The number of nitrogens with one attached hydrogen (secondary N) is 1. The molecule has 2 aromatic rings. The van der Waals surface area contributed by atoms with Crippen LogP contribution in [0.25, 0.3) is 0 Å². The van der Waals surface area contributed by atoms with Crippen LogP contribution < -0.4 is 5.32 Å². The molecule has 2 aliphatic heterocycles. The van der Waals surface area contributed by atoms with E-state index in [2.05, 4.69) is 70.9 Å². The second-order valence-electron chi connectivity index (χ2n) is 8.49. The molecule has 0 spiro atoms. The van der Waals surface area contributed by atoms with E-state index in [0.29, 0.717) is 24.5 Å². The highest BCUT2D eigenvalue weighted by Crippen LogP contribution is 2.33. The van der Waals surface area contributed by atoms with Gasteiger partial charge < -0.3 is 15.1 Å². The van der Waals surface area contributed by atoms with Crippen LogP contribution in [0.15, 0.2) is 60.7 Å². The van der Waals surface area contributed by atoms with Gasteiger partial charge in [-0.05, 0) is 25.2 Å². The molecule has 0 aromatic heterocycles. The molecule has 0 bridgehead atoms. The molecular formula is C24H35Cl3N4O. The van der Waals surface area contributed by atoms with Gasteiger partial charge in [-0.2, -0.15) is 0 Å². The summed E-state index contributed by atoms with van der Waals surface area (Å²) in [7, 11) is 3.91. The number of piperazine rings is 2. The molecule has 8 heteroatoms. The average molecular weight is 502 g/mol. The molecule has 5 nitrogen and oxygen atoms in total. The molecule has 1 N–H and O–H groups in total. The third-order valence-electron chi connectivity index (χ3n) is 6.19. The van der Waals surface area contributed by atoms with Crippen LogP contribution in [-0.4, -0.2) is 86.1 Å². The maximum Gasteiger partial charge on any atom is 0.236 e. The average Bonchev–Trinajstić information content (AvgIpc) is 2.75. The molecule has 2 atom stereocenters. The van der Waals surface area contributed by atoms with E-state index < -0.39 is 0 Å². The molecule has 2 aliphatic rings. The van der Waals surface area contributed by atoms with E-state index in [1.807, 2.05) is 23.9 Å². The minimum absolute atomic E-state index is 0. The zero-order chi connectivity index (χ0) is 20.2. The SMILES string of the molecule is CN(C)CC(=O)N1CCN2[C@H](CNC[C@H]2C(c2ccccc2)c2ccccc2)C1.Cl.Cl.Cl. The minimum Gasteiger partial charge on any atom is -0.339 e. The Morgan fingerprint density at radius 1 is 0.938 bits per heavy atom. The number of amides is 1. The summed E-state index contributed by atoms with van der Waals surface area (Å²) >= 11 is 0. The van der Waals surface area contributed by atoms with E-state index in [1.54, 1.807) is 0 Å². The Labute approximate surface area is 210 Å². The Morgan fingerprint density at radius 3 is 2.03 bits per heavy atom. The lowest BCUT2D eigenvalue weighted by molar-refractivity contribution is -0.136. The van der Waals surface area contributed by atoms with Crippen molar-refractivity contribution in [1.82, 2.24) is 20.0 Å². The van der Waals surface area contributed by atoms with Gasteiger partial charge in [0.15, 0.2) is 0 Å². The number of likely N-dealkylation sites (N-methyl/N-ethyl adjacent to an activating group) is 1. The summed E-state index contributed by atoms with van der Waals surface area (Å²) in [5.74, 6) is 0.552. The van der Waals surface area contributed by atoms with Gasteiger partial charge in [0.25, 0.3) is 0 Å². The lowest BCUT2D eigenvalue weighted by Crippen LogP contribution is -2.67. The number of halogens is 3. The Kier molecular flexibility index (Phi) is 12.0. The van der Waals surface area contributed by atoms with Crippen molar-refractivity contribution in [1.29, 1.82) is 0 Å². The normalized spacial score (nSPS) is 20.6. The van der Waals surface area contributed by atoms with Gasteiger partial charge in [-0.3, -0.25) is 9.69 Å². The minimum atomic E-state index is 0. The molecular weight excluding hydrogens is 467 g/mol. The predicted octanol–water partition coefficient (Wildman–Crippen LogP) is 3.13. The van der Waals surface area contributed by atoms with Gasteiger partial charge in [0.1, 0.15) is 0 Å². The van der Waals surface area contributed by atoms with Gasteiger partial charge in [-0.1, -0.05) is 60.7 Å². The largest absolute Gasteiger partial charge is 0.339 e. The predicted molar refractivity (Wildman–Crippen MR) is 139 cm³/mol. The molecule has 178 valence electrons. The van der Waals surface area contributed by atoms with Crippen LogP contribution in [0, 0.1) is 0 Å². The summed E-state index contributed by atoms with van der Waals surface area (Å²) in [4.78, 5) is 19.2. The van der Waals surface area contributed by atoms with Crippen LogP contribution in [-0.2, 0) is 4.79 Å². The van der Waals surface area contributed by atoms with Gasteiger partial charge in [0, 0.05) is 50.7 Å². The van der Waals surface area contributed by atoms with Crippen molar-refractivity contribution in [3.05, 3.63) is 71.8 Å². The molecule has 0 radical (unpaired) electrons. The highest BCUT2D eigenvalue weighted by atomic mass is 35.5. The summed E-state index contributed by atoms with van der Waals surface area (Å²) in [6.45, 7) is 4.96. The Hall–Kier alpha value is -1.34. The number of carbonyl (C=O) groups is 1. The maximum absolute atomic E-state index is 12.6. The van der Waals surface area contributed by atoms with Crippen molar-refractivity contribution in [2.45, 2.75) is 18.0 Å². The highest BCUT2D eigenvalue weighted by molar-refractivity contribution is 5.86. The molecule has 0 saturated carbocycles. The molecule has 0 unspecified atom stereocenters. The van der Waals surface area contributed by atoms with Gasteiger partial charge in [-0.25, -0.2) is 0 Å². The third-order valence-corrected chi connectivity index (χ3v) is 6.19. The van der Waals surface area contributed by atoms with Crippen LogP contribution in [0.2, 0.25) is 0 Å². The van der Waals surface area contributed by atoms with Crippen LogP contribution in [0.1, 0.15) is 17.0 Å². The Balaban J connectivity index is 0.00000171. The van der Waals surface area contributed by atoms with Gasteiger partial charge >= 0.3 is 0 Å². The number of hydrogen-bond donors (Lipinski definition) is 1. The van der Waals surface area contributed by atoms with Crippen LogP contribution in [0.5, 0.6) is 0 Å². The van der Waals surface area contributed by atoms with Crippen molar-refractivity contribution in [2.75, 3.05) is 53.4 Å². The monoisotopic (exact) mass is 500 g/mol. The van der Waals surface area contributed by atoms with Crippen molar-refractivity contribution in [2.24, 2.45) is 0 Å². The van der Waals surface area contributed by atoms with Crippen LogP contribution >= 0.6 is 37.2 Å². The standard InChI is InChI=1S/C24H32N4O.3ClH/c1-26(2)18-23(29)27-13-14-28-21(17-27)15-25-16-22(28)24(19-9-5-3-6-10-19)20-11-7-4-8-12-20;;;/h3-12,21-22,24-25H,13-18H2,1-2H3;3*1H/t21-,22+;;;/m1.../s1. The van der Waals surface area contributed by atoms with Gasteiger partial charge in [0.05, 0.1) is 6.54 Å². The number of benzene rings is 2. The second kappa shape index (κ2) is 13.4. The molecule has 2 aromatic carbocycles. The summed E-state index contributed by atoms with van der Waals surface area (Å²) in [6.07, 6.45) is 0. The quantitative estimate of drug-likeness (QED) is 0.683. The Morgan fingerprint density at radius 2 is 1.50 bits per heavy atom. The Bertz CT molecular complexity index is 770. The number of fused-ring (bicyclic) bond motifs is 1. The molecule has 1 amide bonds. The first kappa shape index (κ1) is 28.7. The van der Waals surface area contributed by atoms with Crippen molar-refractivity contribution in [3.8, 4) is 0 Å². The van der Waals surface area contributed by atoms with E-state index in [1.165, 1.54) is 11.1 Å². The lowest BCUT2D eigenvalue weighted by Gasteiger charge is -2.51. The third kappa shape index (κ3) is 6.60. The maximum atomic E-state index is 12.6. The first-order valence-electron chi connectivity index (χ1n) is 10.6. The summed E-state index contributed by atoms with van der Waals surface area (Å²) in [5, 5.41) is 3.66. The summed E-state index contributed by atoms with van der Waals surface area (Å²) < 4.78 is 0. The number of nitrogens with zero attached hydrogens (tertiary/aromatic N) is 3. The van der Waals surface area contributed by atoms with E-state index in [4.69, 9.17) is 0 Å². The number of carbonyl (C=O) groups excluding carboxylic acids is 1. The zero-order valence-corrected chi connectivity index (χ0v) is 21.2. The van der Waals surface area contributed by atoms with Crippen molar-refractivity contribution < 1.29 is 4.79 Å². The smallest absolute Gasteiger partial charge is 0.236 e.